The van der Waals surface area contributed by atoms with Gasteiger partial charge in [-0.1, -0.05) is 11.6 Å². The van der Waals surface area contributed by atoms with E-state index in [2.05, 4.69) is 15.0 Å². The van der Waals surface area contributed by atoms with Crippen LogP contribution in [0.25, 0.3) is 16.7 Å². The minimum absolute atomic E-state index is 0.00788. The van der Waals surface area contributed by atoms with Crippen molar-refractivity contribution in [2.45, 2.75) is 31.5 Å². The van der Waals surface area contributed by atoms with Gasteiger partial charge in [0, 0.05) is 25.4 Å². The van der Waals surface area contributed by atoms with E-state index in [1.807, 2.05) is 0 Å². The van der Waals surface area contributed by atoms with Crippen LogP contribution in [0.5, 0.6) is 0 Å². The number of hydrogen-bond acceptors (Lipinski definition) is 7. The average Bonchev–Trinajstić information content (AvgIpc) is 3.16. The van der Waals surface area contributed by atoms with Gasteiger partial charge in [0.2, 0.25) is 5.43 Å². The molecular weight excluding hydrogens is 543 g/mol. The normalized spacial score (nSPS) is 18.7. The SMILES string of the molecule is CC(COC(F)(F)F)NC(=O)c1cn(-c2c(F)cc(F)cc2Cl)c2nc(N3C[C@@H](O)[C@H](O)C3)ccc2c1=O. The summed E-state index contributed by atoms with van der Waals surface area (Å²) in [4.78, 5) is 31.9. The van der Waals surface area contributed by atoms with Crippen molar-refractivity contribution in [1.82, 2.24) is 14.9 Å². The number of benzene rings is 1. The Balaban J connectivity index is 1.84. The van der Waals surface area contributed by atoms with E-state index in [4.69, 9.17) is 11.6 Å². The molecule has 2 aromatic heterocycles. The summed E-state index contributed by atoms with van der Waals surface area (Å²) in [6.07, 6.45) is -6.17. The van der Waals surface area contributed by atoms with Crippen molar-refractivity contribution in [3.05, 3.63) is 62.9 Å². The van der Waals surface area contributed by atoms with E-state index in [1.165, 1.54) is 24.0 Å². The smallest absolute Gasteiger partial charge is 0.389 e. The highest BCUT2D eigenvalue weighted by atomic mass is 35.5. The molecule has 1 aliphatic rings. The molecule has 0 saturated carbocycles. The van der Waals surface area contributed by atoms with Crippen LogP contribution >= 0.6 is 11.6 Å². The number of pyridine rings is 2. The second kappa shape index (κ2) is 10.4. The highest BCUT2D eigenvalue weighted by Gasteiger charge is 2.32. The molecule has 38 heavy (non-hydrogen) atoms. The van der Waals surface area contributed by atoms with Gasteiger partial charge in [-0.05, 0) is 25.1 Å². The van der Waals surface area contributed by atoms with Crippen molar-refractivity contribution >= 4 is 34.4 Å². The summed E-state index contributed by atoms with van der Waals surface area (Å²) >= 11 is 6.11. The van der Waals surface area contributed by atoms with Gasteiger partial charge in [-0.2, -0.15) is 0 Å². The van der Waals surface area contributed by atoms with Crippen molar-refractivity contribution in [3.63, 3.8) is 0 Å². The Morgan fingerprint density at radius 1 is 1.24 bits per heavy atom. The van der Waals surface area contributed by atoms with Crippen LogP contribution in [-0.4, -0.2) is 70.0 Å². The molecule has 0 spiro atoms. The topological polar surface area (TPSA) is 117 Å². The maximum atomic E-state index is 14.9. The van der Waals surface area contributed by atoms with E-state index >= 15 is 0 Å². The quantitative estimate of drug-likeness (QED) is 0.395. The highest BCUT2D eigenvalue weighted by Crippen LogP contribution is 2.29. The molecule has 0 radical (unpaired) electrons. The third-order valence-electron chi connectivity index (χ3n) is 5.76. The zero-order chi connectivity index (χ0) is 27.9. The Bertz CT molecular complexity index is 1420. The van der Waals surface area contributed by atoms with Gasteiger partial charge in [-0.25, -0.2) is 13.8 Å². The first-order valence-electron chi connectivity index (χ1n) is 11.1. The van der Waals surface area contributed by atoms with Crippen molar-refractivity contribution in [2.24, 2.45) is 0 Å². The predicted molar refractivity (Wildman–Crippen MR) is 125 cm³/mol. The molecule has 3 atom stereocenters. The molecule has 0 aliphatic carbocycles. The summed E-state index contributed by atoms with van der Waals surface area (Å²) in [5, 5.41) is 21.3. The fourth-order valence-corrected chi connectivity index (χ4v) is 4.27. The molecule has 1 unspecified atom stereocenters. The summed E-state index contributed by atoms with van der Waals surface area (Å²) in [6.45, 7) is 0.294. The number of aromatic nitrogens is 2. The summed E-state index contributed by atoms with van der Waals surface area (Å²) < 4.78 is 70.4. The summed E-state index contributed by atoms with van der Waals surface area (Å²) in [6, 6.07) is 2.81. The van der Waals surface area contributed by atoms with E-state index in [1.54, 1.807) is 0 Å². The minimum Gasteiger partial charge on any atom is -0.389 e. The first kappa shape index (κ1) is 27.7. The van der Waals surface area contributed by atoms with Crippen LogP contribution in [-0.2, 0) is 4.74 Å². The van der Waals surface area contributed by atoms with Crippen molar-refractivity contribution in [2.75, 3.05) is 24.6 Å². The number of nitrogens with one attached hydrogen (secondary N) is 1. The van der Waals surface area contributed by atoms with Gasteiger partial charge in [0.05, 0.1) is 35.3 Å². The molecule has 4 rings (SSSR count). The van der Waals surface area contributed by atoms with Gasteiger partial charge >= 0.3 is 6.36 Å². The molecular formula is C23H20ClF5N4O5. The number of hydrogen-bond donors (Lipinski definition) is 3. The number of carbonyl (C=O) groups is 1. The molecule has 3 heterocycles. The molecule has 9 nitrogen and oxygen atoms in total. The predicted octanol–water partition coefficient (Wildman–Crippen LogP) is 2.51. The molecule has 204 valence electrons. The lowest BCUT2D eigenvalue weighted by Gasteiger charge is -2.20. The summed E-state index contributed by atoms with van der Waals surface area (Å²) in [5.74, 6) is -3.04. The maximum absolute atomic E-state index is 14.9. The number of fused-ring (bicyclic) bond motifs is 1. The Morgan fingerprint density at radius 3 is 2.50 bits per heavy atom. The molecule has 1 aromatic carbocycles. The van der Waals surface area contributed by atoms with Gasteiger partial charge in [0.1, 0.15) is 22.9 Å². The summed E-state index contributed by atoms with van der Waals surface area (Å²) in [5.41, 5.74) is -2.11. The number of β-amino-alcohol motifs (C(OH)–C–C–N with tert-alkyl or cyclic N) is 2. The Labute approximate surface area is 216 Å². The van der Waals surface area contributed by atoms with Gasteiger partial charge in [-0.3, -0.25) is 18.9 Å². The lowest BCUT2D eigenvalue weighted by molar-refractivity contribution is -0.325. The third-order valence-corrected chi connectivity index (χ3v) is 6.05. The van der Waals surface area contributed by atoms with Crippen molar-refractivity contribution < 1.29 is 41.7 Å². The Hall–Kier alpha value is -3.33. The number of carbonyl (C=O) groups excluding carboxylic acids is 1. The van der Waals surface area contributed by atoms with E-state index in [-0.39, 0.29) is 29.9 Å². The first-order chi connectivity index (χ1) is 17.7. The second-order valence-corrected chi connectivity index (χ2v) is 9.08. The maximum Gasteiger partial charge on any atom is 0.522 e. The molecule has 0 bridgehead atoms. The highest BCUT2D eigenvalue weighted by molar-refractivity contribution is 6.32. The lowest BCUT2D eigenvalue weighted by Crippen LogP contribution is -2.39. The van der Waals surface area contributed by atoms with Crippen LogP contribution in [0.3, 0.4) is 0 Å². The monoisotopic (exact) mass is 562 g/mol. The molecule has 3 N–H and O–H groups in total. The fraction of sp³-hybridized carbons (Fsp3) is 0.348. The molecule has 1 aliphatic heterocycles. The second-order valence-electron chi connectivity index (χ2n) is 8.67. The third kappa shape index (κ3) is 5.72. The Morgan fingerprint density at radius 2 is 1.89 bits per heavy atom. The van der Waals surface area contributed by atoms with Crippen LogP contribution in [0.1, 0.15) is 17.3 Å². The molecule has 1 amide bonds. The number of ether oxygens (including phenoxy) is 1. The number of amides is 1. The lowest BCUT2D eigenvalue weighted by atomic mass is 10.1. The van der Waals surface area contributed by atoms with Gasteiger partial charge in [0.25, 0.3) is 5.91 Å². The number of alkyl halides is 3. The average molecular weight is 563 g/mol. The van der Waals surface area contributed by atoms with Crippen LogP contribution in [0.2, 0.25) is 5.02 Å². The van der Waals surface area contributed by atoms with Crippen molar-refractivity contribution in [1.29, 1.82) is 0 Å². The number of aliphatic hydroxyl groups is 2. The first-order valence-corrected chi connectivity index (χ1v) is 11.5. The molecule has 3 aromatic rings. The van der Waals surface area contributed by atoms with Crippen LogP contribution in [0.15, 0.2) is 35.3 Å². The number of anilines is 1. The van der Waals surface area contributed by atoms with Crippen LogP contribution < -0.4 is 15.6 Å². The fourth-order valence-electron chi connectivity index (χ4n) is 3.99. The Kier molecular flexibility index (Phi) is 7.61. The van der Waals surface area contributed by atoms with Crippen LogP contribution in [0, 0.1) is 11.6 Å². The molecule has 1 saturated heterocycles. The standard InChI is InChI=1S/C23H20ClF5N4O5/c1-10(9-38-23(27,28)29)30-22(37)13-6-33(19-14(24)4-11(25)5-15(19)26)21-12(20(13)36)2-3-18(31-21)32-7-16(34)17(35)8-32/h2-6,10,16-17,34-35H,7-9H2,1H3,(H,30,37)/t10?,16-,17-/m1/s1. The zero-order valence-electron chi connectivity index (χ0n) is 19.5. The van der Waals surface area contributed by atoms with Crippen molar-refractivity contribution in [3.8, 4) is 5.69 Å². The molecule has 1 fully saturated rings. The number of aliphatic hydroxyl groups excluding tert-OH is 2. The van der Waals surface area contributed by atoms with Gasteiger partial charge in [0.15, 0.2) is 11.5 Å². The van der Waals surface area contributed by atoms with Gasteiger partial charge in [-0.15, -0.1) is 13.2 Å². The summed E-state index contributed by atoms with van der Waals surface area (Å²) in [7, 11) is 0. The number of halogens is 6. The zero-order valence-corrected chi connectivity index (χ0v) is 20.2. The largest absolute Gasteiger partial charge is 0.522 e. The number of rotatable bonds is 6. The van der Waals surface area contributed by atoms with Gasteiger partial charge < -0.3 is 20.4 Å². The number of nitrogens with zero attached hydrogens (tertiary/aromatic N) is 3. The minimum atomic E-state index is -4.93. The van der Waals surface area contributed by atoms with E-state index in [0.717, 1.165) is 16.8 Å². The molecule has 15 heteroatoms. The van der Waals surface area contributed by atoms with Crippen LogP contribution in [0.4, 0.5) is 27.8 Å². The van der Waals surface area contributed by atoms with E-state index < -0.39 is 70.5 Å². The van der Waals surface area contributed by atoms with E-state index in [9.17, 15) is 41.8 Å². The van der Waals surface area contributed by atoms with E-state index in [0.29, 0.717) is 6.07 Å².